The fraction of sp³-hybridized carbons (Fsp3) is 0.417. The minimum absolute atomic E-state index is 0. The Hall–Kier alpha value is -2.69. The number of ether oxygens (including phenoxy) is 2. The monoisotopic (exact) mass is 567 g/mol. The van der Waals surface area contributed by atoms with E-state index < -0.39 is 0 Å². The van der Waals surface area contributed by atoms with Crippen molar-refractivity contribution in [2.75, 3.05) is 51.8 Å². The number of amides is 1. The minimum atomic E-state index is -0.0843. The van der Waals surface area contributed by atoms with Crippen molar-refractivity contribution in [3.63, 3.8) is 0 Å². The molecule has 0 radical (unpaired) electrons. The number of hydrogen-bond acceptors (Lipinski definition) is 5. The zero-order valence-electron chi connectivity index (χ0n) is 19.5. The lowest BCUT2D eigenvalue weighted by atomic mass is 10.2. The predicted octanol–water partition coefficient (Wildman–Crippen LogP) is 2.89. The van der Waals surface area contributed by atoms with E-state index >= 15 is 0 Å². The molecule has 0 aromatic heterocycles. The van der Waals surface area contributed by atoms with E-state index in [0.29, 0.717) is 18.7 Å². The number of nitrogens with one attached hydrogen (secondary N) is 3. The lowest BCUT2D eigenvalue weighted by Crippen LogP contribution is -2.45. The molecule has 0 bridgehead atoms. The smallest absolute Gasteiger partial charge is 0.251 e. The van der Waals surface area contributed by atoms with Gasteiger partial charge in [0, 0.05) is 61.7 Å². The van der Waals surface area contributed by atoms with Gasteiger partial charge in [-0.3, -0.25) is 9.79 Å². The molecule has 1 amide bonds. The third kappa shape index (κ3) is 7.99. The Kier molecular flexibility index (Phi) is 11.1. The highest BCUT2D eigenvalue weighted by molar-refractivity contribution is 14.0. The first kappa shape index (κ1) is 26.6. The summed E-state index contributed by atoms with van der Waals surface area (Å²) in [4.78, 5) is 19.1. The highest BCUT2D eigenvalue weighted by Crippen LogP contribution is 2.30. The first-order chi connectivity index (χ1) is 15.6. The number of halogens is 1. The molecule has 1 aliphatic rings. The Balaban J connectivity index is 0.00000385. The van der Waals surface area contributed by atoms with Crippen LogP contribution in [0.4, 0.5) is 5.69 Å². The molecule has 9 heteroatoms. The van der Waals surface area contributed by atoms with Gasteiger partial charge in [-0.15, -0.1) is 24.0 Å². The van der Waals surface area contributed by atoms with Crippen molar-refractivity contribution in [3.05, 3.63) is 54.1 Å². The molecule has 0 spiro atoms. The average Bonchev–Trinajstić information content (AvgIpc) is 3.30. The molecule has 3 N–H and O–H groups in total. The lowest BCUT2D eigenvalue weighted by Gasteiger charge is -2.21. The molecule has 1 fully saturated rings. The molecule has 1 heterocycles. The van der Waals surface area contributed by atoms with E-state index in [2.05, 4.69) is 25.8 Å². The Labute approximate surface area is 213 Å². The summed E-state index contributed by atoms with van der Waals surface area (Å²) < 4.78 is 10.8. The van der Waals surface area contributed by atoms with E-state index in [-0.39, 0.29) is 35.9 Å². The molecule has 1 unspecified atom stereocenters. The summed E-state index contributed by atoms with van der Waals surface area (Å²) >= 11 is 0. The van der Waals surface area contributed by atoms with Crippen LogP contribution in [0.1, 0.15) is 23.7 Å². The molecule has 8 nitrogen and oxygen atoms in total. The molecule has 1 aliphatic heterocycles. The maximum absolute atomic E-state index is 12.1. The van der Waals surface area contributed by atoms with Gasteiger partial charge in [0.15, 0.2) is 5.96 Å². The van der Waals surface area contributed by atoms with Crippen LogP contribution in [-0.2, 0) is 0 Å². The molecular formula is C24H34IN5O3. The van der Waals surface area contributed by atoms with Crippen LogP contribution in [0, 0.1) is 0 Å². The largest absolute Gasteiger partial charge is 0.497 e. The van der Waals surface area contributed by atoms with Gasteiger partial charge >= 0.3 is 0 Å². The summed E-state index contributed by atoms with van der Waals surface area (Å²) in [6.07, 6.45) is 0.995. The Bertz CT molecular complexity index is 888. The van der Waals surface area contributed by atoms with Gasteiger partial charge in [-0.1, -0.05) is 18.2 Å². The van der Waals surface area contributed by atoms with Crippen molar-refractivity contribution in [1.82, 2.24) is 16.0 Å². The number of hydrogen-bond donors (Lipinski definition) is 3. The van der Waals surface area contributed by atoms with Gasteiger partial charge in [-0.05, 0) is 25.5 Å². The molecule has 0 saturated carbocycles. The van der Waals surface area contributed by atoms with Crippen LogP contribution in [0.3, 0.4) is 0 Å². The Morgan fingerprint density at radius 3 is 2.42 bits per heavy atom. The summed E-state index contributed by atoms with van der Waals surface area (Å²) in [5.74, 6) is 2.24. The molecule has 180 valence electrons. The number of benzene rings is 2. The number of anilines is 1. The van der Waals surface area contributed by atoms with E-state index in [1.807, 2.05) is 43.3 Å². The fourth-order valence-corrected chi connectivity index (χ4v) is 3.63. The molecule has 3 rings (SSSR count). The molecule has 1 atom stereocenters. The van der Waals surface area contributed by atoms with Crippen LogP contribution in [-0.4, -0.2) is 64.9 Å². The molecular weight excluding hydrogens is 533 g/mol. The fourth-order valence-electron chi connectivity index (χ4n) is 3.63. The van der Waals surface area contributed by atoms with Crippen LogP contribution in [0.25, 0.3) is 0 Å². The van der Waals surface area contributed by atoms with Crippen LogP contribution < -0.4 is 30.3 Å². The molecule has 1 saturated heterocycles. The zero-order chi connectivity index (χ0) is 22.8. The summed E-state index contributed by atoms with van der Waals surface area (Å²) in [6.45, 7) is 5.57. The standard InChI is InChI=1S/C24H33N5O3.HI/c1-4-25-24(27-12-11-26-23(30)18-8-6-5-7-9-18)28-19-10-13-29(17-19)20-14-21(31-2)16-22(15-20)32-3;/h5-9,14-16,19H,4,10-13,17H2,1-3H3,(H,26,30)(H2,25,27,28);1H. The second-order valence-electron chi connectivity index (χ2n) is 7.53. The van der Waals surface area contributed by atoms with Gasteiger partial charge in [-0.25, -0.2) is 0 Å². The Morgan fingerprint density at radius 2 is 1.79 bits per heavy atom. The molecule has 2 aromatic rings. The topological polar surface area (TPSA) is 87.2 Å². The van der Waals surface area contributed by atoms with Crippen molar-refractivity contribution in [1.29, 1.82) is 0 Å². The minimum Gasteiger partial charge on any atom is -0.497 e. The molecule has 0 aliphatic carbocycles. The third-order valence-corrected chi connectivity index (χ3v) is 5.28. The highest BCUT2D eigenvalue weighted by atomic mass is 127. The van der Waals surface area contributed by atoms with Crippen LogP contribution >= 0.6 is 24.0 Å². The van der Waals surface area contributed by atoms with Gasteiger partial charge < -0.3 is 30.3 Å². The lowest BCUT2D eigenvalue weighted by molar-refractivity contribution is 0.0955. The number of carbonyl (C=O) groups is 1. The second kappa shape index (κ2) is 13.8. The van der Waals surface area contributed by atoms with Gasteiger partial charge in [0.05, 0.1) is 20.8 Å². The number of guanidine groups is 1. The van der Waals surface area contributed by atoms with Crippen LogP contribution in [0.15, 0.2) is 53.5 Å². The first-order valence-corrected chi connectivity index (χ1v) is 11.0. The van der Waals surface area contributed by atoms with Gasteiger partial charge in [0.1, 0.15) is 11.5 Å². The van der Waals surface area contributed by atoms with Crippen LogP contribution in [0.2, 0.25) is 0 Å². The van der Waals surface area contributed by atoms with Crippen molar-refractivity contribution >= 4 is 41.5 Å². The summed E-state index contributed by atoms with van der Waals surface area (Å²) in [7, 11) is 3.32. The normalized spacial score (nSPS) is 15.4. The predicted molar refractivity (Wildman–Crippen MR) is 143 cm³/mol. The van der Waals surface area contributed by atoms with E-state index in [1.54, 1.807) is 26.4 Å². The summed E-state index contributed by atoms with van der Waals surface area (Å²) in [5, 5.41) is 9.71. The molecule has 33 heavy (non-hydrogen) atoms. The van der Waals surface area contributed by atoms with Crippen molar-refractivity contribution < 1.29 is 14.3 Å². The SMILES string of the molecule is CCNC(=NCCNC(=O)c1ccccc1)NC1CCN(c2cc(OC)cc(OC)c2)C1.I. The van der Waals surface area contributed by atoms with E-state index in [1.165, 1.54) is 0 Å². The van der Waals surface area contributed by atoms with Gasteiger partial charge in [-0.2, -0.15) is 0 Å². The van der Waals surface area contributed by atoms with E-state index in [0.717, 1.165) is 49.2 Å². The van der Waals surface area contributed by atoms with Crippen molar-refractivity contribution in [2.24, 2.45) is 4.99 Å². The quantitative estimate of drug-likeness (QED) is 0.187. The highest BCUT2D eigenvalue weighted by Gasteiger charge is 2.24. The zero-order valence-corrected chi connectivity index (χ0v) is 21.8. The maximum Gasteiger partial charge on any atom is 0.251 e. The number of rotatable bonds is 9. The van der Waals surface area contributed by atoms with Crippen molar-refractivity contribution in [3.8, 4) is 11.5 Å². The van der Waals surface area contributed by atoms with Crippen LogP contribution in [0.5, 0.6) is 11.5 Å². The average molecular weight is 567 g/mol. The third-order valence-electron chi connectivity index (χ3n) is 5.28. The first-order valence-electron chi connectivity index (χ1n) is 11.0. The number of aliphatic imine (C=N–C) groups is 1. The van der Waals surface area contributed by atoms with Crippen molar-refractivity contribution in [2.45, 2.75) is 19.4 Å². The number of methoxy groups -OCH3 is 2. The maximum atomic E-state index is 12.1. The van der Waals surface area contributed by atoms with Gasteiger partial charge in [0.2, 0.25) is 0 Å². The van der Waals surface area contributed by atoms with E-state index in [9.17, 15) is 4.79 Å². The van der Waals surface area contributed by atoms with E-state index in [4.69, 9.17) is 9.47 Å². The number of carbonyl (C=O) groups excluding carboxylic acids is 1. The Morgan fingerprint density at radius 1 is 1.09 bits per heavy atom. The molecule has 2 aromatic carbocycles. The number of nitrogens with zero attached hydrogens (tertiary/aromatic N) is 2. The van der Waals surface area contributed by atoms with Gasteiger partial charge in [0.25, 0.3) is 5.91 Å². The summed E-state index contributed by atoms with van der Waals surface area (Å²) in [6, 6.07) is 15.4. The second-order valence-corrected chi connectivity index (χ2v) is 7.53. The summed E-state index contributed by atoms with van der Waals surface area (Å²) in [5.41, 5.74) is 1.73.